The lowest BCUT2D eigenvalue weighted by Crippen LogP contribution is -2.11. The van der Waals surface area contributed by atoms with Crippen LogP contribution in [0.4, 0.5) is 24.8 Å². The van der Waals surface area contributed by atoms with Crippen LogP contribution in [0.3, 0.4) is 0 Å². The van der Waals surface area contributed by atoms with Crippen molar-refractivity contribution in [3.63, 3.8) is 0 Å². The van der Waals surface area contributed by atoms with Crippen LogP contribution in [-0.2, 0) is 25.7 Å². The van der Waals surface area contributed by atoms with Crippen molar-refractivity contribution < 1.29 is 13.2 Å². The first-order valence-electron chi connectivity index (χ1n) is 9.08. The second kappa shape index (κ2) is 7.97. The maximum absolute atomic E-state index is 13.5. The first-order valence-corrected chi connectivity index (χ1v) is 11.2. The Hall–Kier alpha value is -2.10. The number of thioether (sulfide) groups is 1. The quantitative estimate of drug-likeness (QED) is 0.491. The minimum Gasteiger partial charge on any atom is -0.324 e. The fourth-order valence-corrected chi connectivity index (χ4v) is 4.93. The summed E-state index contributed by atoms with van der Waals surface area (Å²) in [5, 5.41) is 8.28. The minimum atomic E-state index is -4.52. The Bertz CT molecular complexity index is 1050. The zero-order chi connectivity index (χ0) is 20.6. The van der Waals surface area contributed by atoms with Crippen molar-refractivity contribution >= 4 is 34.7 Å². The molecular weight excluding hydrogens is 417 g/mol. The number of alkyl halides is 3. The molecule has 1 aromatic carbocycles. The molecule has 3 heterocycles. The van der Waals surface area contributed by atoms with E-state index in [1.807, 2.05) is 24.6 Å². The molecule has 4 nitrogen and oxygen atoms in total. The van der Waals surface area contributed by atoms with Crippen LogP contribution in [0.2, 0.25) is 0 Å². The van der Waals surface area contributed by atoms with E-state index in [0.29, 0.717) is 4.88 Å². The van der Waals surface area contributed by atoms with Gasteiger partial charge < -0.3 is 10.6 Å². The summed E-state index contributed by atoms with van der Waals surface area (Å²) in [6.07, 6.45) is -0.974. The predicted molar refractivity (Wildman–Crippen MR) is 112 cm³/mol. The van der Waals surface area contributed by atoms with Crippen LogP contribution in [0.1, 0.15) is 29.2 Å². The molecule has 2 aromatic heterocycles. The number of hydrogen-bond donors (Lipinski definition) is 2. The van der Waals surface area contributed by atoms with Crippen LogP contribution in [0, 0.1) is 0 Å². The molecule has 0 amide bonds. The number of rotatable bonds is 5. The van der Waals surface area contributed by atoms with Gasteiger partial charge in [0.15, 0.2) is 0 Å². The van der Waals surface area contributed by atoms with E-state index in [2.05, 4.69) is 26.7 Å². The molecule has 0 spiro atoms. The Morgan fingerprint density at radius 3 is 2.62 bits per heavy atom. The Morgan fingerprint density at radius 2 is 1.97 bits per heavy atom. The molecule has 1 aliphatic heterocycles. The molecule has 4 rings (SSSR count). The van der Waals surface area contributed by atoms with E-state index in [0.717, 1.165) is 41.9 Å². The van der Waals surface area contributed by atoms with Crippen molar-refractivity contribution in [2.45, 2.75) is 37.5 Å². The highest BCUT2D eigenvalue weighted by Gasteiger charge is 2.36. The number of aryl methyl sites for hydroxylation is 1. The van der Waals surface area contributed by atoms with Gasteiger partial charge in [0.2, 0.25) is 5.95 Å². The standard InChI is InChI=1S/C20H19F3N4S2/c1-3-11-4-12-7-24-8-13(12)5-16(11)26-19-25-9-15(20(21,22)23)18(27-19)17-6-14(28-2)10-29-17/h4-6,9-10,24H,3,7-8H2,1-2H3,(H,25,26,27). The molecule has 0 saturated heterocycles. The second-order valence-electron chi connectivity index (χ2n) is 6.66. The molecule has 0 aliphatic carbocycles. The van der Waals surface area contributed by atoms with Gasteiger partial charge in [-0.25, -0.2) is 9.97 Å². The lowest BCUT2D eigenvalue weighted by molar-refractivity contribution is -0.137. The monoisotopic (exact) mass is 436 g/mol. The fourth-order valence-electron chi connectivity index (χ4n) is 3.32. The largest absolute Gasteiger partial charge is 0.420 e. The van der Waals surface area contributed by atoms with Gasteiger partial charge in [0, 0.05) is 35.2 Å². The zero-order valence-corrected chi connectivity index (χ0v) is 17.5. The van der Waals surface area contributed by atoms with E-state index in [-0.39, 0.29) is 11.6 Å². The molecule has 0 radical (unpaired) electrons. The second-order valence-corrected chi connectivity index (χ2v) is 8.46. The predicted octanol–water partition coefficient (Wildman–Crippen LogP) is 5.86. The number of hydrogen-bond acceptors (Lipinski definition) is 6. The summed E-state index contributed by atoms with van der Waals surface area (Å²) in [7, 11) is 0. The van der Waals surface area contributed by atoms with Crippen LogP contribution in [0.25, 0.3) is 10.6 Å². The van der Waals surface area contributed by atoms with Gasteiger partial charge in [-0.3, -0.25) is 0 Å². The molecular formula is C20H19F3N4S2. The van der Waals surface area contributed by atoms with Gasteiger partial charge in [-0.2, -0.15) is 13.2 Å². The Labute approximate surface area is 175 Å². The van der Waals surface area contributed by atoms with Gasteiger partial charge in [-0.1, -0.05) is 13.0 Å². The summed E-state index contributed by atoms with van der Waals surface area (Å²) in [5.74, 6) is 0.160. The van der Waals surface area contributed by atoms with E-state index >= 15 is 0 Å². The summed E-state index contributed by atoms with van der Waals surface area (Å²) in [6.45, 7) is 3.66. The lowest BCUT2D eigenvalue weighted by atomic mass is 10.0. The third-order valence-corrected chi connectivity index (χ3v) is 6.62. The van der Waals surface area contributed by atoms with E-state index in [9.17, 15) is 13.2 Å². The number of thiophene rings is 1. The topological polar surface area (TPSA) is 49.8 Å². The number of halogens is 3. The average molecular weight is 437 g/mol. The first-order chi connectivity index (χ1) is 13.9. The smallest absolute Gasteiger partial charge is 0.324 e. The summed E-state index contributed by atoms with van der Waals surface area (Å²) in [4.78, 5) is 9.61. The van der Waals surface area contributed by atoms with Crippen molar-refractivity contribution in [2.75, 3.05) is 11.6 Å². The summed E-state index contributed by atoms with van der Waals surface area (Å²) in [5.41, 5.74) is 3.42. The molecule has 0 saturated carbocycles. The third kappa shape index (κ3) is 4.12. The van der Waals surface area contributed by atoms with Crippen molar-refractivity contribution in [1.29, 1.82) is 0 Å². The van der Waals surface area contributed by atoms with Crippen LogP contribution in [0.15, 0.2) is 34.7 Å². The van der Waals surface area contributed by atoms with E-state index in [4.69, 9.17) is 0 Å². The summed E-state index contributed by atoms with van der Waals surface area (Å²) < 4.78 is 40.6. The van der Waals surface area contributed by atoms with E-state index in [1.54, 1.807) is 6.07 Å². The van der Waals surface area contributed by atoms with Crippen molar-refractivity contribution in [3.05, 3.63) is 52.0 Å². The maximum Gasteiger partial charge on any atom is 0.420 e. The number of nitrogens with one attached hydrogen (secondary N) is 2. The van der Waals surface area contributed by atoms with Gasteiger partial charge in [-0.05, 0) is 41.5 Å². The highest BCUT2D eigenvalue weighted by molar-refractivity contribution is 7.98. The van der Waals surface area contributed by atoms with Crippen molar-refractivity contribution in [2.24, 2.45) is 0 Å². The summed E-state index contributed by atoms with van der Waals surface area (Å²) >= 11 is 2.73. The van der Waals surface area contributed by atoms with Crippen LogP contribution in [0.5, 0.6) is 0 Å². The highest BCUT2D eigenvalue weighted by atomic mass is 32.2. The van der Waals surface area contributed by atoms with Gasteiger partial charge in [0.05, 0.1) is 10.6 Å². The van der Waals surface area contributed by atoms with Gasteiger partial charge in [0.25, 0.3) is 0 Å². The van der Waals surface area contributed by atoms with Crippen molar-refractivity contribution in [3.8, 4) is 10.6 Å². The van der Waals surface area contributed by atoms with Crippen molar-refractivity contribution in [1.82, 2.24) is 15.3 Å². The highest BCUT2D eigenvalue weighted by Crippen LogP contribution is 2.39. The molecule has 0 bridgehead atoms. The molecule has 0 atom stereocenters. The number of benzene rings is 1. The molecule has 9 heteroatoms. The van der Waals surface area contributed by atoms with E-state index in [1.165, 1.54) is 34.2 Å². The van der Waals surface area contributed by atoms with Crippen LogP contribution < -0.4 is 10.6 Å². The molecule has 0 fully saturated rings. The first kappa shape index (κ1) is 20.2. The Morgan fingerprint density at radius 1 is 1.21 bits per heavy atom. The summed E-state index contributed by atoms with van der Waals surface area (Å²) in [6, 6.07) is 5.90. The molecule has 152 valence electrons. The molecule has 3 aromatic rings. The number of anilines is 2. The van der Waals surface area contributed by atoms with Crippen LogP contribution >= 0.6 is 23.1 Å². The third-order valence-electron chi connectivity index (χ3n) is 4.82. The SMILES string of the molecule is CCc1cc2c(cc1Nc1ncc(C(F)(F)F)c(-c3cc(SC)cs3)n1)CNC2. The zero-order valence-electron chi connectivity index (χ0n) is 15.9. The van der Waals surface area contributed by atoms with Gasteiger partial charge in [0.1, 0.15) is 5.56 Å². The molecule has 0 unspecified atom stereocenters. The van der Waals surface area contributed by atoms with Gasteiger partial charge in [-0.15, -0.1) is 23.1 Å². The maximum atomic E-state index is 13.5. The molecule has 2 N–H and O–H groups in total. The molecule has 1 aliphatic rings. The Balaban J connectivity index is 1.75. The average Bonchev–Trinajstić information content (AvgIpc) is 3.35. The molecule has 29 heavy (non-hydrogen) atoms. The number of fused-ring (bicyclic) bond motifs is 1. The van der Waals surface area contributed by atoms with Crippen LogP contribution in [-0.4, -0.2) is 16.2 Å². The minimum absolute atomic E-state index is 0.0961. The Kier molecular flexibility index (Phi) is 5.54. The number of nitrogens with zero attached hydrogens (tertiary/aromatic N) is 2. The van der Waals surface area contributed by atoms with Gasteiger partial charge >= 0.3 is 6.18 Å². The normalized spacial score (nSPS) is 13.6. The fraction of sp³-hybridized carbons (Fsp3) is 0.300. The lowest BCUT2D eigenvalue weighted by Gasteiger charge is -2.15. The number of aromatic nitrogens is 2. The van der Waals surface area contributed by atoms with E-state index < -0.39 is 11.7 Å².